The molecule has 24 heavy (non-hydrogen) atoms. The summed E-state index contributed by atoms with van der Waals surface area (Å²) in [4.78, 5) is 26.8. The van der Waals surface area contributed by atoms with E-state index in [0.717, 1.165) is 24.3 Å². The number of hydrogen-bond acceptors (Lipinski definition) is 4. The van der Waals surface area contributed by atoms with Crippen LogP contribution in [-0.4, -0.2) is 39.7 Å². The van der Waals surface area contributed by atoms with Crippen LogP contribution in [0.3, 0.4) is 0 Å². The SMILES string of the molecule is NC(=O)NC(CC(=O)N1CCCC(n2cccn2)C1)c1cccs1. The Morgan fingerprint density at radius 3 is 3.00 bits per heavy atom. The number of aromatic nitrogens is 2. The molecule has 2 atom stereocenters. The molecule has 0 radical (unpaired) electrons. The standard InChI is InChI=1S/C16H21N5O2S/c17-16(23)19-13(14-5-2-9-24-14)10-15(22)20-7-1-4-12(11-20)21-8-3-6-18-21/h2-3,5-6,8-9,12-13H,1,4,7,10-11H2,(H3,17,19,23). The molecule has 128 valence electrons. The molecule has 0 aromatic carbocycles. The minimum absolute atomic E-state index is 0.0269. The van der Waals surface area contributed by atoms with Crippen molar-refractivity contribution in [1.82, 2.24) is 20.0 Å². The number of nitrogens with zero attached hydrogens (tertiary/aromatic N) is 3. The van der Waals surface area contributed by atoms with Crippen LogP contribution in [0.15, 0.2) is 36.0 Å². The average molecular weight is 347 g/mol. The second kappa shape index (κ2) is 7.48. The van der Waals surface area contributed by atoms with Crippen LogP contribution in [-0.2, 0) is 4.79 Å². The molecule has 3 rings (SSSR count). The number of nitrogens with two attached hydrogens (primary N) is 1. The Labute approximate surface area is 144 Å². The summed E-state index contributed by atoms with van der Waals surface area (Å²) in [6, 6.07) is 4.91. The highest BCUT2D eigenvalue weighted by atomic mass is 32.1. The lowest BCUT2D eigenvalue weighted by Gasteiger charge is -2.33. The van der Waals surface area contributed by atoms with Gasteiger partial charge in [-0.2, -0.15) is 5.10 Å². The topological polar surface area (TPSA) is 93.2 Å². The van der Waals surface area contributed by atoms with E-state index in [1.54, 1.807) is 6.20 Å². The van der Waals surface area contributed by atoms with Crippen molar-refractivity contribution in [2.24, 2.45) is 5.73 Å². The van der Waals surface area contributed by atoms with Gasteiger partial charge in [0, 0.05) is 30.4 Å². The first kappa shape index (κ1) is 16.5. The number of urea groups is 1. The number of carbonyl (C=O) groups excluding carboxylic acids is 2. The number of carbonyl (C=O) groups is 2. The van der Waals surface area contributed by atoms with Crippen LogP contribution >= 0.6 is 11.3 Å². The molecule has 3 N–H and O–H groups in total. The third kappa shape index (κ3) is 3.94. The van der Waals surface area contributed by atoms with Gasteiger partial charge in [0.1, 0.15) is 0 Å². The maximum Gasteiger partial charge on any atom is 0.312 e. The lowest BCUT2D eigenvalue weighted by atomic mass is 10.0. The fourth-order valence-electron chi connectivity index (χ4n) is 3.08. The zero-order valence-electron chi connectivity index (χ0n) is 13.3. The average Bonchev–Trinajstić information content (AvgIpc) is 3.27. The molecule has 8 heteroatoms. The molecule has 1 saturated heterocycles. The van der Waals surface area contributed by atoms with E-state index in [1.807, 2.05) is 39.4 Å². The summed E-state index contributed by atoms with van der Waals surface area (Å²) >= 11 is 1.51. The Hall–Kier alpha value is -2.35. The van der Waals surface area contributed by atoms with Crippen LogP contribution in [0.5, 0.6) is 0 Å². The summed E-state index contributed by atoms with van der Waals surface area (Å²) in [5.74, 6) is 0.0269. The van der Waals surface area contributed by atoms with Gasteiger partial charge >= 0.3 is 6.03 Å². The number of likely N-dealkylation sites (tertiary alicyclic amines) is 1. The van der Waals surface area contributed by atoms with E-state index in [4.69, 9.17) is 5.73 Å². The molecule has 0 saturated carbocycles. The molecule has 3 amide bonds. The minimum atomic E-state index is -0.616. The fraction of sp³-hybridized carbons (Fsp3) is 0.438. The van der Waals surface area contributed by atoms with Crippen LogP contribution in [0.4, 0.5) is 4.79 Å². The highest BCUT2D eigenvalue weighted by Gasteiger charge is 2.27. The van der Waals surface area contributed by atoms with Gasteiger partial charge in [-0.05, 0) is 30.4 Å². The maximum absolute atomic E-state index is 12.7. The monoisotopic (exact) mass is 347 g/mol. The predicted octanol–water partition coefficient (Wildman–Crippen LogP) is 1.91. The molecular weight excluding hydrogens is 326 g/mol. The van der Waals surface area contributed by atoms with E-state index < -0.39 is 6.03 Å². The third-order valence-corrected chi connectivity index (χ3v) is 5.22. The van der Waals surface area contributed by atoms with Crippen molar-refractivity contribution in [3.05, 3.63) is 40.8 Å². The Morgan fingerprint density at radius 2 is 2.33 bits per heavy atom. The molecule has 2 unspecified atom stereocenters. The molecule has 1 aliphatic rings. The molecule has 2 aromatic heterocycles. The van der Waals surface area contributed by atoms with Crippen molar-refractivity contribution < 1.29 is 9.59 Å². The van der Waals surface area contributed by atoms with Crippen LogP contribution in [0, 0.1) is 0 Å². The third-order valence-electron chi connectivity index (χ3n) is 4.23. The lowest BCUT2D eigenvalue weighted by molar-refractivity contribution is -0.133. The second-order valence-corrected chi connectivity index (χ2v) is 6.88. The first-order valence-corrected chi connectivity index (χ1v) is 8.87. The molecule has 3 heterocycles. The van der Waals surface area contributed by atoms with Gasteiger partial charge in [0.05, 0.1) is 18.5 Å². The zero-order chi connectivity index (χ0) is 16.9. The number of amides is 3. The summed E-state index contributed by atoms with van der Waals surface area (Å²) in [6.07, 6.45) is 5.87. The summed E-state index contributed by atoms with van der Waals surface area (Å²) in [6.45, 7) is 1.39. The van der Waals surface area contributed by atoms with Gasteiger partial charge in [-0.3, -0.25) is 9.48 Å². The molecule has 0 spiro atoms. The van der Waals surface area contributed by atoms with Crippen molar-refractivity contribution in [3.8, 4) is 0 Å². The number of thiophene rings is 1. The fourth-order valence-corrected chi connectivity index (χ4v) is 3.86. The van der Waals surface area contributed by atoms with Crippen molar-refractivity contribution in [3.63, 3.8) is 0 Å². The van der Waals surface area contributed by atoms with E-state index in [9.17, 15) is 9.59 Å². The molecule has 1 fully saturated rings. The van der Waals surface area contributed by atoms with Gasteiger partial charge in [0.15, 0.2) is 0 Å². The van der Waals surface area contributed by atoms with Crippen LogP contribution in [0.1, 0.15) is 36.2 Å². The summed E-state index contributed by atoms with van der Waals surface area (Å²) in [5.41, 5.74) is 5.26. The Bertz CT molecular complexity index is 671. The zero-order valence-corrected chi connectivity index (χ0v) is 14.1. The van der Waals surface area contributed by atoms with Gasteiger partial charge in [-0.15, -0.1) is 11.3 Å². The maximum atomic E-state index is 12.7. The summed E-state index contributed by atoms with van der Waals surface area (Å²) in [5, 5.41) is 8.88. The quantitative estimate of drug-likeness (QED) is 0.865. The highest BCUT2D eigenvalue weighted by molar-refractivity contribution is 7.10. The van der Waals surface area contributed by atoms with E-state index in [2.05, 4.69) is 10.4 Å². The predicted molar refractivity (Wildman–Crippen MR) is 91.5 cm³/mol. The molecule has 1 aliphatic heterocycles. The van der Waals surface area contributed by atoms with Crippen molar-refractivity contribution in [2.45, 2.75) is 31.3 Å². The van der Waals surface area contributed by atoms with Gasteiger partial charge in [-0.1, -0.05) is 6.07 Å². The lowest BCUT2D eigenvalue weighted by Crippen LogP contribution is -2.43. The number of nitrogens with one attached hydrogen (secondary N) is 1. The largest absolute Gasteiger partial charge is 0.352 e. The van der Waals surface area contributed by atoms with Crippen molar-refractivity contribution >= 4 is 23.3 Å². The first-order chi connectivity index (χ1) is 11.6. The van der Waals surface area contributed by atoms with Crippen LogP contribution in [0.25, 0.3) is 0 Å². The van der Waals surface area contributed by atoms with Crippen LogP contribution in [0.2, 0.25) is 0 Å². The smallest absolute Gasteiger partial charge is 0.312 e. The molecular formula is C16H21N5O2S. The van der Waals surface area contributed by atoms with E-state index in [-0.39, 0.29) is 24.4 Å². The van der Waals surface area contributed by atoms with Gasteiger partial charge in [0.2, 0.25) is 5.91 Å². The normalized spacial score (nSPS) is 19.0. The molecule has 2 aromatic rings. The minimum Gasteiger partial charge on any atom is -0.352 e. The Kier molecular flexibility index (Phi) is 5.14. The van der Waals surface area contributed by atoms with Gasteiger partial charge in [0.25, 0.3) is 0 Å². The number of rotatable bonds is 5. The number of primary amides is 1. The van der Waals surface area contributed by atoms with Gasteiger partial charge in [-0.25, -0.2) is 4.79 Å². The molecule has 0 bridgehead atoms. The second-order valence-electron chi connectivity index (χ2n) is 5.90. The van der Waals surface area contributed by atoms with E-state index in [0.29, 0.717) is 6.54 Å². The summed E-state index contributed by atoms with van der Waals surface area (Å²) < 4.78 is 1.91. The van der Waals surface area contributed by atoms with Crippen molar-refractivity contribution in [1.29, 1.82) is 0 Å². The first-order valence-electron chi connectivity index (χ1n) is 8.00. The van der Waals surface area contributed by atoms with E-state index >= 15 is 0 Å². The van der Waals surface area contributed by atoms with E-state index in [1.165, 1.54) is 11.3 Å². The van der Waals surface area contributed by atoms with Crippen LogP contribution < -0.4 is 11.1 Å². The summed E-state index contributed by atoms with van der Waals surface area (Å²) in [7, 11) is 0. The molecule has 7 nitrogen and oxygen atoms in total. The Morgan fingerprint density at radius 1 is 1.46 bits per heavy atom. The van der Waals surface area contributed by atoms with Crippen molar-refractivity contribution in [2.75, 3.05) is 13.1 Å². The Balaban J connectivity index is 1.65. The number of hydrogen-bond donors (Lipinski definition) is 2. The van der Waals surface area contributed by atoms with Gasteiger partial charge < -0.3 is 16.0 Å². The highest BCUT2D eigenvalue weighted by Crippen LogP contribution is 2.25. The molecule has 0 aliphatic carbocycles. The number of piperidine rings is 1.